The molecule has 0 saturated carbocycles. The van der Waals surface area contributed by atoms with Gasteiger partial charge in [-0.2, -0.15) is 35.7 Å². The lowest BCUT2D eigenvalue weighted by Gasteiger charge is -2.13. The summed E-state index contributed by atoms with van der Waals surface area (Å²) < 4.78 is 77.6. The lowest BCUT2D eigenvalue weighted by Crippen LogP contribution is -2.24. The van der Waals surface area contributed by atoms with Crippen LogP contribution in [0.5, 0.6) is 0 Å². The normalized spacial score (nSPS) is 12.7. The Morgan fingerprint density at radius 1 is 0.955 bits per heavy atom. The van der Waals surface area contributed by atoms with Crippen LogP contribution in [-0.2, 0) is 25.9 Å². The molecule has 11 heteroatoms. The van der Waals surface area contributed by atoms with Gasteiger partial charge in [-0.25, -0.2) is 4.79 Å². The number of halogens is 6. The maximum atomic E-state index is 12.7. The first kappa shape index (κ1) is 16.0. The summed E-state index contributed by atoms with van der Waals surface area (Å²) in [5.74, 6) is 0. The minimum Gasteiger partial charge on any atom is -0.244 e. The zero-order chi connectivity index (χ0) is 16.7. The first-order chi connectivity index (χ1) is 9.98. The molecule has 0 atom stereocenters. The fourth-order valence-corrected chi connectivity index (χ4v) is 1.73. The van der Waals surface area contributed by atoms with Gasteiger partial charge in [0, 0.05) is 7.05 Å². The summed E-state index contributed by atoms with van der Waals surface area (Å²) in [4.78, 5) is 11.5. The smallest absolute Gasteiger partial charge is 0.244 e. The van der Waals surface area contributed by atoms with Gasteiger partial charge in [-0.1, -0.05) is 0 Å². The van der Waals surface area contributed by atoms with Crippen LogP contribution in [0.25, 0.3) is 0 Å². The Morgan fingerprint density at radius 3 is 1.82 bits per heavy atom. The topological polar surface area (TPSA) is 52.7 Å². The molecule has 1 aromatic carbocycles. The second-order valence-corrected chi connectivity index (χ2v) is 4.46. The molecule has 0 aliphatic rings. The first-order valence-corrected chi connectivity index (χ1v) is 5.73. The van der Waals surface area contributed by atoms with Crippen molar-refractivity contribution < 1.29 is 26.3 Å². The Bertz CT molecular complexity index is 710. The number of aryl methyl sites for hydroxylation is 1. The average Bonchev–Trinajstić information content (AvgIpc) is 2.68. The second kappa shape index (κ2) is 5.14. The van der Waals surface area contributed by atoms with Crippen molar-refractivity contribution in [3.63, 3.8) is 0 Å². The minimum atomic E-state index is -4.94. The standard InChI is InChI=1S/C11H8F6N4O/c1-20-9(22)21(19-18-20)5-6-2-7(10(12,13)14)4-8(3-6)11(15,16)17/h2-4H,5H2,1H3. The summed E-state index contributed by atoms with van der Waals surface area (Å²) in [7, 11) is 1.25. The Balaban J connectivity index is 2.51. The number of tetrazole rings is 1. The number of hydrogen-bond donors (Lipinski definition) is 0. The highest BCUT2D eigenvalue weighted by atomic mass is 19.4. The molecule has 1 heterocycles. The van der Waals surface area contributed by atoms with E-state index in [4.69, 9.17) is 0 Å². The third-order valence-corrected chi connectivity index (χ3v) is 2.76. The Labute approximate surface area is 118 Å². The zero-order valence-corrected chi connectivity index (χ0v) is 10.9. The van der Waals surface area contributed by atoms with Gasteiger partial charge in [-0.05, 0) is 34.2 Å². The van der Waals surface area contributed by atoms with Gasteiger partial charge in [0.25, 0.3) is 0 Å². The van der Waals surface area contributed by atoms with Gasteiger partial charge in [0.1, 0.15) is 0 Å². The van der Waals surface area contributed by atoms with Crippen LogP contribution in [0.1, 0.15) is 16.7 Å². The van der Waals surface area contributed by atoms with E-state index in [0.29, 0.717) is 16.8 Å². The molecule has 2 rings (SSSR count). The van der Waals surface area contributed by atoms with Gasteiger partial charge in [0.05, 0.1) is 17.7 Å². The quantitative estimate of drug-likeness (QED) is 0.794. The third-order valence-electron chi connectivity index (χ3n) is 2.76. The highest BCUT2D eigenvalue weighted by Gasteiger charge is 2.36. The van der Waals surface area contributed by atoms with E-state index >= 15 is 0 Å². The van der Waals surface area contributed by atoms with E-state index in [1.807, 2.05) is 0 Å². The zero-order valence-electron chi connectivity index (χ0n) is 10.9. The van der Waals surface area contributed by atoms with Crippen molar-refractivity contribution in [2.75, 3.05) is 0 Å². The number of nitrogens with zero attached hydrogens (tertiary/aromatic N) is 4. The third kappa shape index (κ3) is 3.28. The van der Waals surface area contributed by atoms with Crippen LogP contribution in [0.15, 0.2) is 23.0 Å². The molecule has 22 heavy (non-hydrogen) atoms. The van der Waals surface area contributed by atoms with Crippen LogP contribution >= 0.6 is 0 Å². The van der Waals surface area contributed by atoms with E-state index in [1.54, 1.807) is 0 Å². The molecule has 5 nitrogen and oxygen atoms in total. The number of rotatable bonds is 2. The molecular formula is C11H8F6N4O. The van der Waals surface area contributed by atoms with Crippen molar-refractivity contribution in [1.29, 1.82) is 0 Å². The van der Waals surface area contributed by atoms with E-state index in [-0.39, 0.29) is 11.6 Å². The van der Waals surface area contributed by atoms with Crippen LogP contribution in [0, 0.1) is 0 Å². The molecule has 0 saturated heterocycles. The van der Waals surface area contributed by atoms with Gasteiger partial charge in [-0.3, -0.25) is 0 Å². The molecule has 1 aromatic heterocycles. The highest BCUT2D eigenvalue weighted by molar-refractivity contribution is 5.33. The Kier molecular flexibility index (Phi) is 3.75. The lowest BCUT2D eigenvalue weighted by atomic mass is 10.0. The number of aromatic nitrogens is 4. The van der Waals surface area contributed by atoms with E-state index in [9.17, 15) is 31.1 Å². The van der Waals surface area contributed by atoms with Gasteiger partial charge in [0.15, 0.2) is 0 Å². The molecule has 0 aliphatic heterocycles. The van der Waals surface area contributed by atoms with Crippen molar-refractivity contribution in [2.45, 2.75) is 18.9 Å². The Morgan fingerprint density at radius 2 is 1.45 bits per heavy atom. The van der Waals surface area contributed by atoms with Crippen LogP contribution in [0.4, 0.5) is 26.3 Å². The monoisotopic (exact) mass is 326 g/mol. The summed E-state index contributed by atoms with van der Waals surface area (Å²) in [5.41, 5.74) is -4.01. The van der Waals surface area contributed by atoms with E-state index in [1.165, 1.54) is 7.05 Å². The maximum absolute atomic E-state index is 12.7. The molecular weight excluding hydrogens is 318 g/mol. The molecule has 0 amide bonds. The highest BCUT2D eigenvalue weighted by Crippen LogP contribution is 2.36. The predicted octanol–water partition coefficient (Wildman–Crippen LogP) is 2.06. The molecule has 0 N–H and O–H groups in total. The summed E-state index contributed by atoms with van der Waals surface area (Å²) in [6.45, 7) is -0.556. The SMILES string of the molecule is Cn1nnn(Cc2cc(C(F)(F)F)cc(C(F)(F)F)c2)c1=O. The first-order valence-electron chi connectivity index (χ1n) is 5.73. The number of alkyl halides is 6. The molecule has 0 aliphatic carbocycles. The predicted molar refractivity (Wildman–Crippen MR) is 60.8 cm³/mol. The Hall–Kier alpha value is -2.33. The lowest BCUT2D eigenvalue weighted by molar-refractivity contribution is -0.143. The van der Waals surface area contributed by atoms with E-state index in [2.05, 4.69) is 10.4 Å². The minimum absolute atomic E-state index is 0.0168. The van der Waals surface area contributed by atoms with Crippen molar-refractivity contribution >= 4 is 0 Å². The van der Waals surface area contributed by atoms with Crippen LogP contribution in [0.2, 0.25) is 0 Å². The van der Waals surface area contributed by atoms with Gasteiger partial charge in [0.2, 0.25) is 0 Å². The van der Waals surface area contributed by atoms with Crippen molar-refractivity contribution in [3.8, 4) is 0 Å². The molecule has 2 aromatic rings. The molecule has 0 fully saturated rings. The largest absolute Gasteiger partial charge is 0.416 e. The van der Waals surface area contributed by atoms with Crippen molar-refractivity contribution in [2.24, 2.45) is 7.05 Å². The van der Waals surface area contributed by atoms with Crippen molar-refractivity contribution in [1.82, 2.24) is 19.8 Å². The summed E-state index contributed by atoms with van der Waals surface area (Å²) in [6.07, 6.45) is -9.88. The van der Waals surface area contributed by atoms with Crippen LogP contribution in [0.3, 0.4) is 0 Å². The van der Waals surface area contributed by atoms with E-state index in [0.717, 1.165) is 4.68 Å². The summed E-state index contributed by atoms with van der Waals surface area (Å²) in [5, 5.41) is 6.68. The maximum Gasteiger partial charge on any atom is 0.416 e. The fraction of sp³-hybridized carbons (Fsp3) is 0.364. The van der Waals surface area contributed by atoms with Crippen LogP contribution in [-0.4, -0.2) is 19.8 Å². The van der Waals surface area contributed by atoms with Crippen LogP contribution < -0.4 is 5.69 Å². The van der Waals surface area contributed by atoms with Gasteiger partial charge in [-0.15, -0.1) is 0 Å². The summed E-state index contributed by atoms with van der Waals surface area (Å²) >= 11 is 0. The summed E-state index contributed by atoms with van der Waals surface area (Å²) in [6, 6.07) is 1.09. The fourth-order valence-electron chi connectivity index (χ4n) is 1.73. The molecule has 0 spiro atoms. The van der Waals surface area contributed by atoms with Crippen molar-refractivity contribution in [3.05, 3.63) is 45.4 Å². The van der Waals surface area contributed by atoms with Gasteiger partial charge >= 0.3 is 18.0 Å². The second-order valence-electron chi connectivity index (χ2n) is 4.46. The molecule has 0 radical (unpaired) electrons. The number of benzene rings is 1. The molecule has 0 bridgehead atoms. The molecule has 120 valence electrons. The number of hydrogen-bond acceptors (Lipinski definition) is 3. The van der Waals surface area contributed by atoms with Gasteiger partial charge < -0.3 is 0 Å². The van der Waals surface area contributed by atoms with E-state index < -0.39 is 35.7 Å². The average molecular weight is 326 g/mol. The molecule has 0 unspecified atom stereocenters.